The molecular weight excluding hydrogens is 340 g/mol. The molecule has 0 unspecified atom stereocenters. The number of ether oxygens (including phenoxy) is 1. The fourth-order valence-electron chi connectivity index (χ4n) is 2.67. The lowest BCUT2D eigenvalue weighted by Crippen LogP contribution is -2.10. The van der Waals surface area contributed by atoms with Crippen molar-refractivity contribution in [2.75, 3.05) is 0 Å². The van der Waals surface area contributed by atoms with Crippen LogP contribution >= 0.6 is 0 Å². The van der Waals surface area contributed by atoms with E-state index in [4.69, 9.17) is 27.0 Å². The average molecular weight is 359 g/mol. The molecule has 27 heavy (non-hydrogen) atoms. The van der Waals surface area contributed by atoms with Gasteiger partial charge in [-0.2, -0.15) is 0 Å². The van der Waals surface area contributed by atoms with E-state index in [2.05, 4.69) is 0 Å². The average Bonchev–Trinajstić information content (AvgIpc) is 2.66. The zero-order valence-electron chi connectivity index (χ0n) is 14.5. The molecule has 1 radical (unpaired) electrons. The third kappa shape index (κ3) is 4.43. The minimum absolute atomic E-state index is 0.000931. The molecule has 0 atom stereocenters. The number of hydrogen-bond donors (Lipinski definition) is 4. The van der Waals surface area contributed by atoms with Gasteiger partial charge in [0.1, 0.15) is 24.0 Å². The van der Waals surface area contributed by atoms with Crippen LogP contribution in [0, 0.1) is 10.8 Å². The number of nitrogens with one attached hydrogen (secondary N) is 2. The second-order valence-electron chi connectivity index (χ2n) is 6.09. The van der Waals surface area contributed by atoms with Gasteiger partial charge in [0.25, 0.3) is 0 Å². The van der Waals surface area contributed by atoms with Crippen molar-refractivity contribution in [3.8, 4) is 22.6 Å². The number of hydrogen-bond acceptors (Lipinski definition) is 3. The Hall–Kier alpha value is -3.80. The van der Waals surface area contributed by atoms with Gasteiger partial charge >= 0.3 is 0 Å². The van der Waals surface area contributed by atoms with Crippen LogP contribution in [0.25, 0.3) is 11.1 Å². The molecular formula is C21H19N4O2. The molecule has 0 aliphatic rings. The zero-order valence-corrected chi connectivity index (χ0v) is 14.5. The largest absolute Gasteiger partial charge is 0.489 e. The monoisotopic (exact) mass is 359 g/mol. The van der Waals surface area contributed by atoms with Crippen LogP contribution in [0.1, 0.15) is 16.7 Å². The van der Waals surface area contributed by atoms with Crippen molar-refractivity contribution >= 4 is 11.7 Å². The van der Waals surface area contributed by atoms with Crippen molar-refractivity contribution in [2.45, 2.75) is 6.61 Å². The molecule has 0 heterocycles. The summed E-state index contributed by atoms with van der Waals surface area (Å²) < 4.78 is 5.74. The molecule has 3 aromatic rings. The molecule has 6 N–H and O–H groups in total. The molecule has 3 rings (SSSR count). The number of rotatable bonds is 6. The van der Waals surface area contributed by atoms with E-state index in [1.165, 1.54) is 6.07 Å². The van der Waals surface area contributed by atoms with Crippen molar-refractivity contribution in [2.24, 2.45) is 11.5 Å². The summed E-state index contributed by atoms with van der Waals surface area (Å²) in [7, 11) is 0. The van der Waals surface area contributed by atoms with Gasteiger partial charge in [0.15, 0.2) is 5.75 Å². The van der Waals surface area contributed by atoms with E-state index in [0.29, 0.717) is 16.9 Å². The number of amidine groups is 2. The summed E-state index contributed by atoms with van der Waals surface area (Å²) in [4.78, 5) is 0. The van der Waals surface area contributed by atoms with Gasteiger partial charge in [-0.25, -0.2) is 0 Å². The van der Waals surface area contributed by atoms with Gasteiger partial charge in [-0.3, -0.25) is 15.9 Å². The van der Waals surface area contributed by atoms with Crippen molar-refractivity contribution in [1.29, 1.82) is 10.8 Å². The van der Waals surface area contributed by atoms with Crippen LogP contribution in [0.4, 0.5) is 0 Å². The second-order valence-corrected chi connectivity index (χ2v) is 6.09. The summed E-state index contributed by atoms with van der Waals surface area (Å²) in [5.74, 6) is 0.435. The van der Waals surface area contributed by atoms with Gasteiger partial charge in [-0.1, -0.05) is 36.4 Å². The Bertz CT molecular complexity index is 997. The maximum atomic E-state index is 12.1. The molecule has 6 heteroatoms. The minimum Gasteiger partial charge on any atom is -0.489 e. The molecule has 0 saturated carbocycles. The summed E-state index contributed by atoms with van der Waals surface area (Å²) in [5.41, 5.74) is 14.5. The topological polar surface area (TPSA) is 129 Å². The predicted molar refractivity (Wildman–Crippen MR) is 105 cm³/mol. The highest BCUT2D eigenvalue weighted by Crippen LogP contribution is 2.27. The molecule has 0 amide bonds. The number of nitrogen functional groups attached to an aromatic ring is 2. The van der Waals surface area contributed by atoms with Crippen molar-refractivity contribution < 1.29 is 9.84 Å². The van der Waals surface area contributed by atoms with Gasteiger partial charge in [0, 0.05) is 11.1 Å². The fraction of sp³-hybridized carbons (Fsp3) is 0.0476. The summed E-state index contributed by atoms with van der Waals surface area (Å²) in [6.07, 6.45) is 0. The Morgan fingerprint density at radius 2 is 1.52 bits per heavy atom. The Kier molecular flexibility index (Phi) is 5.08. The maximum Gasteiger partial charge on any atom is 0.179 e. The first-order chi connectivity index (χ1) is 12.9. The predicted octanol–water partition coefficient (Wildman–Crippen LogP) is 3.64. The Balaban J connectivity index is 1.80. The highest BCUT2D eigenvalue weighted by Gasteiger charge is 2.07. The molecule has 0 aromatic heterocycles. The summed E-state index contributed by atoms with van der Waals surface area (Å²) in [5, 5.41) is 27.0. The Labute approximate surface area is 157 Å². The van der Waals surface area contributed by atoms with Gasteiger partial charge in [0.2, 0.25) is 0 Å². The molecule has 0 spiro atoms. The van der Waals surface area contributed by atoms with Gasteiger partial charge in [-0.15, -0.1) is 0 Å². The van der Waals surface area contributed by atoms with Crippen LogP contribution < -0.4 is 16.2 Å². The first-order valence-corrected chi connectivity index (χ1v) is 8.25. The van der Waals surface area contributed by atoms with Gasteiger partial charge in [0.05, 0.1) is 0 Å². The maximum absolute atomic E-state index is 12.1. The number of nitrogens with two attached hydrogens (primary N) is 2. The molecule has 3 aromatic carbocycles. The highest BCUT2D eigenvalue weighted by atomic mass is 16.5. The smallest absolute Gasteiger partial charge is 0.179 e. The summed E-state index contributed by atoms with van der Waals surface area (Å²) >= 11 is 0. The Morgan fingerprint density at radius 1 is 0.815 bits per heavy atom. The molecule has 6 nitrogen and oxygen atoms in total. The van der Waals surface area contributed by atoms with Crippen LogP contribution in [0.2, 0.25) is 0 Å². The Morgan fingerprint density at radius 3 is 2.19 bits per heavy atom. The number of benzene rings is 3. The molecule has 0 aliphatic heterocycles. The minimum atomic E-state index is -0.112. The summed E-state index contributed by atoms with van der Waals surface area (Å²) in [6.45, 7) is 0.218. The summed E-state index contributed by atoms with van der Waals surface area (Å²) in [6, 6.07) is 19.1. The molecule has 0 bridgehead atoms. The normalized spacial score (nSPS) is 10.4. The molecule has 135 valence electrons. The molecule has 0 fully saturated rings. The quantitative estimate of drug-likeness (QED) is 0.396. The third-order valence-electron chi connectivity index (χ3n) is 4.05. The van der Waals surface area contributed by atoms with Crippen LogP contribution in [-0.2, 0) is 11.7 Å². The van der Waals surface area contributed by atoms with Crippen molar-refractivity contribution in [3.63, 3.8) is 0 Å². The van der Waals surface area contributed by atoms with Crippen LogP contribution in [-0.4, -0.2) is 11.7 Å². The van der Waals surface area contributed by atoms with E-state index in [1.807, 2.05) is 18.2 Å². The van der Waals surface area contributed by atoms with Crippen molar-refractivity contribution in [1.82, 2.24) is 0 Å². The third-order valence-corrected chi connectivity index (χ3v) is 4.05. The first-order valence-electron chi connectivity index (χ1n) is 8.25. The van der Waals surface area contributed by atoms with Crippen molar-refractivity contribution in [3.05, 3.63) is 83.4 Å². The lowest BCUT2D eigenvalue weighted by Gasteiger charge is -2.10. The zero-order chi connectivity index (χ0) is 19.4. The first kappa shape index (κ1) is 18.0. The second kappa shape index (κ2) is 7.61. The van der Waals surface area contributed by atoms with Gasteiger partial charge < -0.3 is 16.2 Å². The lowest BCUT2D eigenvalue weighted by molar-refractivity contribution is 0.303. The SMILES string of the molecule is N=C(N)c1ccc(-c2cc([O])cc(COc3cccc(C(=N)N)c3)c2)cc1. The van der Waals surface area contributed by atoms with E-state index < -0.39 is 0 Å². The molecule has 0 saturated heterocycles. The lowest BCUT2D eigenvalue weighted by atomic mass is 10.0. The standard InChI is InChI=1S/C21H19N4O2/c22-20(23)15-6-4-14(5-7-15)17-8-13(9-18(26)10-17)12-27-19-3-1-2-16(11-19)21(24)25/h1-11H,12H2,(H3,22,23)(H3,24,25). The van der Waals surface area contributed by atoms with E-state index >= 15 is 0 Å². The van der Waals surface area contributed by atoms with Crippen LogP contribution in [0.15, 0.2) is 66.7 Å². The molecule has 0 aliphatic carbocycles. The highest BCUT2D eigenvalue weighted by molar-refractivity contribution is 5.95. The van der Waals surface area contributed by atoms with E-state index in [1.54, 1.807) is 42.5 Å². The van der Waals surface area contributed by atoms with E-state index in [0.717, 1.165) is 16.7 Å². The van der Waals surface area contributed by atoms with E-state index in [-0.39, 0.29) is 24.0 Å². The van der Waals surface area contributed by atoms with Crippen LogP contribution in [0.5, 0.6) is 11.5 Å². The van der Waals surface area contributed by atoms with Crippen LogP contribution in [0.3, 0.4) is 0 Å². The fourth-order valence-corrected chi connectivity index (χ4v) is 2.67. The van der Waals surface area contributed by atoms with Gasteiger partial charge in [-0.05, 0) is 47.0 Å². The van der Waals surface area contributed by atoms with E-state index in [9.17, 15) is 5.11 Å².